The van der Waals surface area contributed by atoms with Crippen LogP contribution < -0.4 is 11.5 Å². The highest BCUT2D eigenvalue weighted by atomic mass is 32.2. The van der Waals surface area contributed by atoms with Gasteiger partial charge in [0.25, 0.3) is 0 Å². The Bertz CT molecular complexity index is 1280. The third-order valence-corrected chi connectivity index (χ3v) is 9.10. The lowest BCUT2D eigenvalue weighted by Gasteiger charge is -2.24. The molecule has 2 aromatic carbocycles. The van der Waals surface area contributed by atoms with E-state index in [4.69, 9.17) is 11.5 Å². The van der Waals surface area contributed by atoms with Crippen molar-refractivity contribution < 1.29 is 4.21 Å². The number of nitrogen functional groups attached to an aromatic ring is 2. The first-order valence-corrected chi connectivity index (χ1v) is 14.1. The first-order chi connectivity index (χ1) is 16.1. The van der Waals surface area contributed by atoms with E-state index in [9.17, 15) is 4.21 Å². The Morgan fingerprint density at radius 3 is 2.00 bits per heavy atom. The lowest BCUT2D eigenvalue weighted by molar-refractivity contribution is 0.505. The molecule has 2 aliphatic rings. The summed E-state index contributed by atoms with van der Waals surface area (Å²) in [6, 6.07) is 16.9. The van der Waals surface area contributed by atoms with Gasteiger partial charge in [-0.1, -0.05) is 24.3 Å². The molecule has 0 bridgehead atoms. The maximum absolute atomic E-state index is 11.7. The molecule has 0 aliphatic carbocycles. The number of hydrogen-bond acceptors (Lipinski definition) is 6. The fourth-order valence-corrected chi connectivity index (χ4v) is 7.41. The van der Waals surface area contributed by atoms with Crippen LogP contribution in [0.3, 0.4) is 0 Å². The molecule has 0 amide bonds. The zero-order valence-corrected chi connectivity index (χ0v) is 20.2. The van der Waals surface area contributed by atoms with Crippen molar-refractivity contribution in [2.24, 2.45) is 0 Å². The first-order valence-electron chi connectivity index (χ1n) is 11.5. The molecule has 4 N–H and O–H groups in total. The third-order valence-electron chi connectivity index (χ3n) is 6.40. The Balaban J connectivity index is 0.000000139. The summed E-state index contributed by atoms with van der Waals surface area (Å²) in [4.78, 5) is 8.77. The molecular weight excluding hydrogens is 452 g/mol. The second-order valence-electron chi connectivity index (χ2n) is 8.64. The summed E-state index contributed by atoms with van der Waals surface area (Å²) in [7, 11) is -0.710. The molecule has 9 heteroatoms. The Kier molecular flexibility index (Phi) is 6.59. The molecular formula is C24H30N6OS2. The van der Waals surface area contributed by atoms with Crippen LogP contribution in [0.2, 0.25) is 0 Å². The molecule has 2 aromatic heterocycles. The summed E-state index contributed by atoms with van der Waals surface area (Å²) >= 11 is 2.01. The van der Waals surface area contributed by atoms with E-state index in [1.165, 1.54) is 24.1 Å². The number of benzene rings is 2. The van der Waals surface area contributed by atoms with Gasteiger partial charge in [-0.25, -0.2) is 9.97 Å². The Morgan fingerprint density at radius 2 is 1.42 bits per heavy atom. The quantitative estimate of drug-likeness (QED) is 0.439. The van der Waals surface area contributed by atoms with E-state index in [0.717, 1.165) is 40.9 Å². The van der Waals surface area contributed by atoms with Crippen LogP contribution in [0, 0.1) is 0 Å². The molecule has 4 heterocycles. The van der Waals surface area contributed by atoms with E-state index in [0.29, 0.717) is 23.7 Å². The molecule has 7 nitrogen and oxygen atoms in total. The maximum atomic E-state index is 11.7. The summed E-state index contributed by atoms with van der Waals surface area (Å²) < 4.78 is 15.9. The first kappa shape index (κ1) is 22.3. The number of anilines is 2. The van der Waals surface area contributed by atoms with Crippen molar-refractivity contribution in [3.63, 3.8) is 0 Å². The molecule has 2 aliphatic heterocycles. The predicted octanol–water partition coefficient (Wildman–Crippen LogP) is 4.39. The Labute approximate surface area is 200 Å². The van der Waals surface area contributed by atoms with Gasteiger partial charge < -0.3 is 20.6 Å². The van der Waals surface area contributed by atoms with Gasteiger partial charge in [-0.15, -0.1) is 0 Å². The van der Waals surface area contributed by atoms with Crippen LogP contribution in [0.1, 0.15) is 37.8 Å². The molecule has 3 unspecified atom stereocenters. The molecule has 2 fully saturated rings. The number of fused-ring (bicyclic) bond motifs is 2. The molecule has 3 atom stereocenters. The van der Waals surface area contributed by atoms with Crippen LogP contribution in [0.25, 0.3) is 22.1 Å². The number of para-hydroxylation sites is 4. The van der Waals surface area contributed by atoms with Gasteiger partial charge in [0.2, 0.25) is 11.9 Å². The predicted molar refractivity (Wildman–Crippen MR) is 140 cm³/mol. The number of imidazole rings is 2. The number of nitrogens with zero attached hydrogens (tertiary/aromatic N) is 4. The number of nitrogens with two attached hydrogens (primary N) is 2. The number of hydrogen-bond donors (Lipinski definition) is 2. The molecule has 0 spiro atoms. The lowest BCUT2D eigenvalue weighted by Crippen LogP contribution is -2.24. The fraction of sp³-hybridized carbons (Fsp3) is 0.417. The van der Waals surface area contributed by atoms with Crippen LogP contribution in [-0.4, -0.2) is 46.3 Å². The van der Waals surface area contributed by atoms with Crippen LogP contribution in [0.5, 0.6) is 0 Å². The van der Waals surface area contributed by atoms with E-state index in [1.807, 2.05) is 52.7 Å². The Hall–Kier alpha value is -2.52. The monoisotopic (exact) mass is 482 g/mol. The smallest absolute Gasteiger partial charge is 0.201 e. The minimum absolute atomic E-state index is 0.233. The van der Waals surface area contributed by atoms with E-state index in [1.54, 1.807) is 0 Å². The number of thioether (sulfide) groups is 1. The van der Waals surface area contributed by atoms with Gasteiger partial charge in [0.1, 0.15) is 0 Å². The van der Waals surface area contributed by atoms with Gasteiger partial charge in [-0.2, -0.15) is 11.8 Å². The van der Waals surface area contributed by atoms with Gasteiger partial charge in [0.15, 0.2) is 0 Å². The summed E-state index contributed by atoms with van der Waals surface area (Å²) in [6.07, 6.45) is 4.54. The molecule has 6 rings (SSSR count). The SMILES string of the molecule is Nc1nc2ccccc2n1C1CCCS(=O)C1.Nc1nc2ccccc2n1C1CCCSC1. The molecule has 4 aromatic rings. The van der Waals surface area contributed by atoms with Gasteiger partial charge in [0.05, 0.1) is 22.1 Å². The highest BCUT2D eigenvalue weighted by molar-refractivity contribution is 7.99. The largest absolute Gasteiger partial charge is 0.369 e. The summed E-state index contributed by atoms with van der Waals surface area (Å²) in [5.74, 6) is 5.16. The topological polar surface area (TPSA) is 105 Å². The molecule has 174 valence electrons. The molecule has 0 radical (unpaired) electrons. The maximum Gasteiger partial charge on any atom is 0.201 e. The summed E-state index contributed by atoms with van der Waals surface area (Å²) in [5, 5.41) is 0. The normalized spacial score (nSPS) is 23.3. The Morgan fingerprint density at radius 1 is 0.848 bits per heavy atom. The van der Waals surface area contributed by atoms with Gasteiger partial charge >= 0.3 is 0 Å². The van der Waals surface area contributed by atoms with Crippen molar-refractivity contribution in [1.29, 1.82) is 0 Å². The number of rotatable bonds is 2. The van der Waals surface area contributed by atoms with Crippen molar-refractivity contribution in [1.82, 2.24) is 19.1 Å². The van der Waals surface area contributed by atoms with Crippen molar-refractivity contribution in [2.45, 2.75) is 37.8 Å². The van der Waals surface area contributed by atoms with Gasteiger partial charge in [-0.05, 0) is 55.7 Å². The molecule has 33 heavy (non-hydrogen) atoms. The van der Waals surface area contributed by atoms with Crippen LogP contribution in [0.4, 0.5) is 11.9 Å². The summed E-state index contributed by atoms with van der Waals surface area (Å²) in [5.41, 5.74) is 16.2. The van der Waals surface area contributed by atoms with Crippen molar-refractivity contribution in [3.8, 4) is 0 Å². The molecule has 2 saturated heterocycles. The van der Waals surface area contributed by atoms with Crippen LogP contribution in [-0.2, 0) is 10.8 Å². The van der Waals surface area contributed by atoms with Gasteiger partial charge in [0, 0.05) is 40.1 Å². The average molecular weight is 483 g/mol. The third kappa shape index (κ3) is 4.61. The zero-order valence-electron chi connectivity index (χ0n) is 18.6. The van der Waals surface area contributed by atoms with E-state index < -0.39 is 10.8 Å². The van der Waals surface area contributed by atoms with Crippen LogP contribution >= 0.6 is 11.8 Å². The minimum atomic E-state index is -0.710. The minimum Gasteiger partial charge on any atom is -0.369 e. The highest BCUT2D eigenvalue weighted by Gasteiger charge is 2.23. The van der Waals surface area contributed by atoms with E-state index in [2.05, 4.69) is 26.7 Å². The summed E-state index contributed by atoms with van der Waals surface area (Å²) in [6.45, 7) is 0. The highest BCUT2D eigenvalue weighted by Crippen LogP contribution is 2.32. The zero-order chi connectivity index (χ0) is 22.8. The second-order valence-corrected chi connectivity index (χ2v) is 11.4. The second kappa shape index (κ2) is 9.77. The fourth-order valence-electron chi connectivity index (χ4n) is 4.89. The van der Waals surface area contributed by atoms with Crippen molar-refractivity contribution in [2.75, 3.05) is 34.5 Å². The molecule has 0 saturated carbocycles. The van der Waals surface area contributed by atoms with Crippen LogP contribution in [0.15, 0.2) is 48.5 Å². The van der Waals surface area contributed by atoms with E-state index >= 15 is 0 Å². The van der Waals surface area contributed by atoms with Crippen molar-refractivity contribution in [3.05, 3.63) is 48.5 Å². The van der Waals surface area contributed by atoms with Gasteiger partial charge in [-0.3, -0.25) is 4.21 Å². The average Bonchev–Trinajstić information content (AvgIpc) is 3.35. The standard InChI is InChI=1S/C12H15N3OS.C12H15N3S/c13-12-14-10-5-1-2-6-11(10)15(12)9-4-3-7-17(16)8-9;13-12-14-10-5-1-2-6-11(10)15(12)9-4-3-7-16-8-9/h1-2,5-6,9H,3-4,7-8H2,(H2,13,14);1-2,5-6,9H,3-4,7-8H2,(H2,13,14). The lowest BCUT2D eigenvalue weighted by atomic mass is 10.2. The number of aromatic nitrogens is 4. The van der Waals surface area contributed by atoms with Crippen molar-refractivity contribution >= 4 is 56.5 Å². The van der Waals surface area contributed by atoms with E-state index in [-0.39, 0.29) is 6.04 Å².